The van der Waals surface area contributed by atoms with Gasteiger partial charge in [0.25, 0.3) is 0 Å². The number of hydrogen-bond donors (Lipinski definition) is 2. The molecule has 1 aromatic rings. The molecule has 0 aromatic heterocycles. The Morgan fingerprint density at radius 2 is 1.88 bits per heavy atom. The van der Waals surface area contributed by atoms with E-state index in [1.54, 1.807) is 0 Å². The SMILES string of the molecule is O=C(O)/C=C(\Oc1ccc(Cl)cc1Cl)C(=O)O. The Labute approximate surface area is 106 Å². The molecule has 1 aromatic carbocycles. The molecule has 0 saturated carbocycles. The summed E-state index contributed by atoms with van der Waals surface area (Å²) in [5, 5.41) is 17.6. The van der Waals surface area contributed by atoms with Crippen LogP contribution in [0.2, 0.25) is 10.0 Å². The molecule has 0 atom stereocenters. The van der Waals surface area contributed by atoms with E-state index in [4.69, 9.17) is 38.2 Å². The number of aliphatic carboxylic acids is 2. The summed E-state index contributed by atoms with van der Waals surface area (Å²) < 4.78 is 4.86. The molecule has 0 aliphatic heterocycles. The van der Waals surface area contributed by atoms with Gasteiger partial charge in [0, 0.05) is 5.02 Å². The first-order valence-electron chi connectivity index (χ1n) is 4.21. The standard InChI is InChI=1S/C10H6Cl2O5/c11-5-1-2-7(6(12)3-5)17-8(10(15)16)4-9(13)14/h1-4H,(H,13,14)(H,15,16)/b8-4-. The minimum absolute atomic E-state index is 0.00552. The van der Waals surface area contributed by atoms with Crippen molar-refractivity contribution in [1.82, 2.24) is 0 Å². The van der Waals surface area contributed by atoms with Gasteiger partial charge in [-0.2, -0.15) is 0 Å². The topological polar surface area (TPSA) is 83.8 Å². The number of halogens is 2. The van der Waals surface area contributed by atoms with Gasteiger partial charge in [-0.05, 0) is 18.2 Å². The average molecular weight is 277 g/mol. The molecule has 7 heteroatoms. The maximum absolute atomic E-state index is 10.7. The van der Waals surface area contributed by atoms with E-state index < -0.39 is 17.7 Å². The van der Waals surface area contributed by atoms with Crippen LogP contribution in [0.15, 0.2) is 30.0 Å². The summed E-state index contributed by atoms with van der Waals surface area (Å²) in [6, 6.07) is 4.12. The number of rotatable bonds is 4. The van der Waals surface area contributed by atoms with E-state index >= 15 is 0 Å². The van der Waals surface area contributed by atoms with Gasteiger partial charge in [-0.3, -0.25) is 0 Å². The Balaban J connectivity index is 3.02. The molecule has 0 spiro atoms. The number of carboxylic acid groups (broad SMARTS) is 2. The van der Waals surface area contributed by atoms with E-state index in [0.717, 1.165) is 0 Å². The summed E-state index contributed by atoms with van der Waals surface area (Å²) in [6.45, 7) is 0. The molecule has 2 N–H and O–H groups in total. The van der Waals surface area contributed by atoms with E-state index in [-0.39, 0.29) is 10.8 Å². The zero-order valence-corrected chi connectivity index (χ0v) is 9.70. The van der Waals surface area contributed by atoms with Crippen molar-refractivity contribution in [3.05, 3.63) is 40.1 Å². The van der Waals surface area contributed by atoms with Crippen molar-refractivity contribution in [1.29, 1.82) is 0 Å². The summed E-state index contributed by atoms with van der Waals surface area (Å²) in [4.78, 5) is 21.1. The third-order valence-corrected chi connectivity index (χ3v) is 2.11. The molecule has 5 nitrogen and oxygen atoms in total. The van der Waals surface area contributed by atoms with Gasteiger partial charge < -0.3 is 14.9 Å². The quantitative estimate of drug-likeness (QED) is 0.652. The first-order valence-corrected chi connectivity index (χ1v) is 4.96. The van der Waals surface area contributed by atoms with Crippen LogP contribution in [-0.4, -0.2) is 22.2 Å². The van der Waals surface area contributed by atoms with Crippen LogP contribution < -0.4 is 4.74 Å². The largest absolute Gasteiger partial charge is 0.478 e. The fourth-order valence-electron chi connectivity index (χ4n) is 0.923. The zero-order chi connectivity index (χ0) is 13.0. The number of hydrogen-bond acceptors (Lipinski definition) is 3. The van der Waals surface area contributed by atoms with Crippen LogP contribution in [0.25, 0.3) is 0 Å². The van der Waals surface area contributed by atoms with Gasteiger partial charge in [-0.15, -0.1) is 0 Å². The molecule has 0 bridgehead atoms. The van der Waals surface area contributed by atoms with E-state index in [0.29, 0.717) is 11.1 Å². The van der Waals surface area contributed by atoms with Crippen LogP contribution in [0, 0.1) is 0 Å². The molecule has 90 valence electrons. The first kappa shape index (κ1) is 13.3. The normalized spacial score (nSPS) is 11.1. The molecule has 17 heavy (non-hydrogen) atoms. The van der Waals surface area contributed by atoms with Gasteiger partial charge >= 0.3 is 11.9 Å². The van der Waals surface area contributed by atoms with Crippen molar-refractivity contribution in [3.8, 4) is 5.75 Å². The molecule has 0 fully saturated rings. The van der Waals surface area contributed by atoms with Crippen LogP contribution in [-0.2, 0) is 9.59 Å². The summed E-state index contributed by atoms with van der Waals surface area (Å²) in [5.41, 5.74) is 0. The Morgan fingerprint density at radius 1 is 1.24 bits per heavy atom. The predicted octanol–water partition coefficient (Wildman–Crippen LogP) is 2.43. The van der Waals surface area contributed by atoms with Gasteiger partial charge in [0.1, 0.15) is 5.75 Å². The Kier molecular flexibility index (Phi) is 4.37. The highest BCUT2D eigenvalue weighted by molar-refractivity contribution is 6.35. The number of benzene rings is 1. The fraction of sp³-hybridized carbons (Fsp3) is 0. The molecule has 0 radical (unpaired) electrons. The van der Waals surface area contributed by atoms with Crippen LogP contribution >= 0.6 is 23.2 Å². The molecule has 1 rings (SSSR count). The molecule has 0 saturated heterocycles. The van der Waals surface area contributed by atoms with Crippen molar-refractivity contribution in [2.24, 2.45) is 0 Å². The van der Waals surface area contributed by atoms with Crippen LogP contribution in [0.1, 0.15) is 0 Å². The summed E-state index contributed by atoms with van der Waals surface area (Å²) >= 11 is 11.4. The van der Waals surface area contributed by atoms with Crippen molar-refractivity contribution in [3.63, 3.8) is 0 Å². The lowest BCUT2D eigenvalue weighted by atomic mass is 10.3. The number of carbonyl (C=O) groups is 2. The molecular formula is C10H6Cl2O5. The zero-order valence-electron chi connectivity index (χ0n) is 8.18. The molecule has 0 aliphatic rings. The lowest BCUT2D eigenvalue weighted by molar-refractivity contribution is -0.137. The Hall–Kier alpha value is -1.72. The summed E-state index contributed by atoms with van der Waals surface area (Å²) in [5.74, 6) is -3.70. The number of carboxylic acids is 2. The average Bonchev–Trinajstić information content (AvgIpc) is 2.19. The van der Waals surface area contributed by atoms with Gasteiger partial charge in [0.15, 0.2) is 0 Å². The highest BCUT2D eigenvalue weighted by atomic mass is 35.5. The van der Waals surface area contributed by atoms with Crippen molar-refractivity contribution < 1.29 is 24.5 Å². The van der Waals surface area contributed by atoms with E-state index in [2.05, 4.69) is 0 Å². The lowest BCUT2D eigenvalue weighted by Gasteiger charge is -2.07. The van der Waals surface area contributed by atoms with Gasteiger partial charge in [-0.1, -0.05) is 23.2 Å². The highest BCUT2D eigenvalue weighted by Gasteiger charge is 2.14. The first-order chi connectivity index (χ1) is 7.90. The van der Waals surface area contributed by atoms with Crippen LogP contribution in [0.5, 0.6) is 5.75 Å². The van der Waals surface area contributed by atoms with Gasteiger partial charge in [0.2, 0.25) is 5.76 Å². The second kappa shape index (κ2) is 5.56. The molecule has 0 heterocycles. The Morgan fingerprint density at radius 3 is 2.35 bits per heavy atom. The maximum atomic E-state index is 10.7. The smallest absolute Gasteiger partial charge is 0.372 e. The molecule has 0 amide bonds. The molecular weight excluding hydrogens is 271 g/mol. The van der Waals surface area contributed by atoms with Crippen LogP contribution in [0.3, 0.4) is 0 Å². The van der Waals surface area contributed by atoms with Crippen molar-refractivity contribution in [2.75, 3.05) is 0 Å². The van der Waals surface area contributed by atoms with Crippen molar-refractivity contribution in [2.45, 2.75) is 0 Å². The number of ether oxygens (including phenoxy) is 1. The fourth-order valence-corrected chi connectivity index (χ4v) is 1.37. The van der Waals surface area contributed by atoms with Crippen molar-refractivity contribution >= 4 is 35.1 Å². The molecule has 0 aliphatic carbocycles. The highest BCUT2D eigenvalue weighted by Crippen LogP contribution is 2.28. The van der Waals surface area contributed by atoms with Gasteiger partial charge in [-0.25, -0.2) is 9.59 Å². The summed E-state index contributed by atoms with van der Waals surface area (Å²) in [7, 11) is 0. The lowest BCUT2D eigenvalue weighted by Crippen LogP contribution is -2.10. The second-order valence-electron chi connectivity index (χ2n) is 2.83. The second-order valence-corrected chi connectivity index (χ2v) is 3.67. The minimum Gasteiger partial charge on any atom is -0.478 e. The monoisotopic (exact) mass is 276 g/mol. The minimum atomic E-state index is -1.52. The van der Waals surface area contributed by atoms with E-state index in [1.165, 1.54) is 18.2 Å². The molecule has 0 unspecified atom stereocenters. The van der Waals surface area contributed by atoms with E-state index in [1.807, 2.05) is 0 Å². The third-order valence-electron chi connectivity index (χ3n) is 1.58. The third kappa shape index (κ3) is 3.97. The van der Waals surface area contributed by atoms with Gasteiger partial charge in [0.05, 0.1) is 11.1 Å². The maximum Gasteiger partial charge on any atom is 0.372 e. The predicted molar refractivity (Wildman–Crippen MR) is 60.4 cm³/mol. The van der Waals surface area contributed by atoms with Crippen LogP contribution in [0.4, 0.5) is 0 Å². The van der Waals surface area contributed by atoms with E-state index in [9.17, 15) is 9.59 Å². The Bertz CT molecular complexity index is 495. The summed E-state index contributed by atoms with van der Waals surface area (Å²) in [6.07, 6.45) is 0.424.